The second-order valence-corrected chi connectivity index (χ2v) is 3.29. The Morgan fingerprint density at radius 3 is 2.75 bits per heavy atom. The first kappa shape index (κ1) is 7.74. The van der Waals surface area contributed by atoms with Gasteiger partial charge in [0.25, 0.3) is 0 Å². The van der Waals surface area contributed by atoms with Crippen molar-refractivity contribution in [3.05, 3.63) is 35.1 Å². The molecule has 1 aromatic rings. The number of hydrogen-bond donors (Lipinski definition) is 1. The van der Waals surface area contributed by atoms with E-state index in [4.69, 9.17) is 5.11 Å². The normalized spacial score (nSPS) is 16.5. The molecule has 64 valence electrons. The summed E-state index contributed by atoms with van der Waals surface area (Å²) in [5.74, 6) is 0.284. The summed E-state index contributed by atoms with van der Waals surface area (Å²) in [6, 6.07) is 4.84. The van der Waals surface area contributed by atoms with Crippen molar-refractivity contribution >= 4 is 0 Å². The van der Waals surface area contributed by atoms with Crippen molar-refractivity contribution in [1.82, 2.24) is 0 Å². The topological polar surface area (TPSA) is 20.2 Å². The van der Waals surface area contributed by atoms with Gasteiger partial charge in [0.05, 0.1) is 6.61 Å². The average Bonchev–Trinajstić information content (AvgIpc) is 2.88. The van der Waals surface area contributed by atoms with Gasteiger partial charge in [-0.1, -0.05) is 12.1 Å². The molecular formula is C10H11FO. The van der Waals surface area contributed by atoms with E-state index in [2.05, 4.69) is 0 Å². The summed E-state index contributed by atoms with van der Waals surface area (Å²) < 4.78 is 13.1. The van der Waals surface area contributed by atoms with Gasteiger partial charge in [-0.15, -0.1) is 0 Å². The van der Waals surface area contributed by atoms with Crippen LogP contribution < -0.4 is 0 Å². The number of halogens is 1. The zero-order chi connectivity index (χ0) is 8.55. The summed E-state index contributed by atoms with van der Waals surface area (Å²) in [6.45, 7) is -0.000000000000000222. The maximum atomic E-state index is 13.1. The minimum atomic E-state index is -0.130. The number of aliphatic hydroxyl groups excluding tert-OH is 1. The van der Waals surface area contributed by atoms with Gasteiger partial charge in [0.1, 0.15) is 5.82 Å². The van der Waals surface area contributed by atoms with Crippen molar-refractivity contribution in [3.8, 4) is 0 Å². The van der Waals surface area contributed by atoms with Crippen LogP contribution in [0.3, 0.4) is 0 Å². The lowest BCUT2D eigenvalue weighted by molar-refractivity contribution is 0.281. The van der Waals surface area contributed by atoms with Gasteiger partial charge in [0, 0.05) is 0 Å². The summed E-state index contributed by atoms with van der Waals surface area (Å²) in [5.41, 5.74) is 1.58. The smallest absolute Gasteiger partial charge is 0.126 e. The molecule has 1 aliphatic carbocycles. The average molecular weight is 166 g/mol. The van der Waals surface area contributed by atoms with Crippen LogP contribution in [-0.2, 0) is 6.61 Å². The van der Waals surface area contributed by atoms with Crippen LogP contribution in [0.15, 0.2) is 18.2 Å². The van der Waals surface area contributed by atoms with Crippen LogP contribution in [0.25, 0.3) is 0 Å². The highest BCUT2D eigenvalue weighted by atomic mass is 19.1. The van der Waals surface area contributed by atoms with Crippen LogP contribution >= 0.6 is 0 Å². The van der Waals surface area contributed by atoms with Gasteiger partial charge < -0.3 is 5.11 Å². The van der Waals surface area contributed by atoms with Crippen LogP contribution in [0.4, 0.5) is 4.39 Å². The molecule has 2 heteroatoms. The van der Waals surface area contributed by atoms with E-state index in [-0.39, 0.29) is 12.4 Å². The van der Waals surface area contributed by atoms with Gasteiger partial charge in [-0.25, -0.2) is 4.39 Å². The molecule has 1 N–H and O–H groups in total. The van der Waals surface area contributed by atoms with Gasteiger partial charge in [-0.05, 0) is 36.0 Å². The lowest BCUT2D eigenvalue weighted by Crippen LogP contribution is -1.90. The van der Waals surface area contributed by atoms with E-state index >= 15 is 0 Å². The van der Waals surface area contributed by atoms with E-state index in [1.807, 2.05) is 0 Å². The maximum absolute atomic E-state index is 13.1. The highest BCUT2D eigenvalue weighted by Crippen LogP contribution is 2.41. The third kappa shape index (κ3) is 1.34. The van der Waals surface area contributed by atoms with Gasteiger partial charge in [0.2, 0.25) is 0 Å². The number of hydrogen-bond acceptors (Lipinski definition) is 1. The molecule has 0 bridgehead atoms. The standard InChI is InChI=1S/C10H11FO/c11-10-4-1-7(6-12)5-9(10)8-2-3-8/h1,4-5,8,12H,2-3,6H2. The Bertz CT molecular complexity index is 292. The van der Waals surface area contributed by atoms with E-state index in [0.717, 1.165) is 24.0 Å². The summed E-state index contributed by atoms with van der Waals surface area (Å²) in [5, 5.41) is 8.83. The Morgan fingerprint density at radius 1 is 1.42 bits per heavy atom. The molecule has 1 fully saturated rings. The van der Waals surface area contributed by atoms with E-state index in [0.29, 0.717) is 5.92 Å². The van der Waals surface area contributed by atoms with E-state index in [9.17, 15) is 4.39 Å². The molecule has 1 saturated carbocycles. The van der Waals surface area contributed by atoms with E-state index in [1.165, 1.54) is 6.07 Å². The largest absolute Gasteiger partial charge is 0.392 e. The van der Waals surface area contributed by atoms with Crippen LogP contribution in [0.1, 0.15) is 29.9 Å². The Balaban J connectivity index is 2.36. The molecule has 0 aliphatic heterocycles. The zero-order valence-electron chi connectivity index (χ0n) is 6.76. The lowest BCUT2D eigenvalue weighted by Gasteiger charge is -2.02. The second kappa shape index (κ2) is 2.87. The molecular weight excluding hydrogens is 155 g/mol. The molecule has 12 heavy (non-hydrogen) atoms. The number of benzene rings is 1. The Hall–Kier alpha value is -0.890. The molecule has 0 amide bonds. The molecule has 0 heterocycles. The summed E-state index contributed by atoms with van der Waals surface area (Å²) >= 11 is 0. The van der Waals surface area contributed by atoms with Gasteiger partial charge in [-0.2, -0.15) is 0 Å². The third-order valence-electron chi connectivity index (χ3n) is 2.26. The molecule has 0 aromatic heterocycles. The fraction of sp³-hybridized carbons (Fsp3) is 0.400. The number of aliphatic hydroxyl groups is 1. The molecule has 0 unspecified atom stereocenters. The minimum Gasteiger partial charge on any atom is -0.392 e. The van der Waals surface area contributed by atoms with Crippen LogP contribution in [-0.4, -0.2) is 5.11 Å². The van der Waals surface area contributed by atoms with E-state index < -0.39 is 0 Å². The fourth-order valence-electron chi connectivity index (χ4n) is 1.40. The summed E-state index contributed by atoms with van der Waals surface area (Å²) in [7, 11) is 0. The molecule has 0 saturated heterocycles. The quantitative estimate of drug-likeness (QED) is 0.714. The van der Waals surface area contributed by atoms with Crippen molar-refractivity contribution in [2.45, 2.75) is 25.4 Å². The first-order valence-corrected chi connectivity index (χ1v) is 4.20. The van der Waals surface area contributed by atoms with Crippen molar-refractivity contribution in [2.75, 3.05) is 0 Å². The summed E-state index contributed by atoms with van der Waals surface area (Å²) in [4.78, 5) is 0. The monoisotopic (exact) mass is 166 g/mol. The van der Waals surface area contributed by atoms with Crippen LogP contribution in [0.5, 0.6) is 0 Å². The Morgan fingerprint density at radius 2 is 2.17 bits per heavy atom. The number of rotatable bonds is 2. The summed E-state index contributed by atoms with van der Waals surface area (Å²) in [6.07, 6.45) is 2.18. The van der Waals surface area contributed by atoms with Crippen molar-refractivity contribution in [1.29, 1.82) is 0 Å². The molecule has 0 atom stereocenters. The Labute approximate surface area is 70.8 Å². The van der Waals surface area contributed by atoms with Gasteiger partial charge >= 0.3 is 0 Å². The highest BCUT2D eigenvalue weighted by Gasteiger charge is 2.26. The van der Waals surface area contributed by atoms with Crippen molar-refractivity contribution in [3.63, 3.8) is 0 Å². The first-order valence-electron chi connectivity index (χ1n) is 4.20. The SMILES string of the molecule is OCc1ccc(F)c(C2CC2)c1. The third-order valence-corrected chi connectivity index (χ3v) is 2.26. The zero-order valence-corrected chi connectivity index (χ0v) is 6.76. The Kier molecular flexibility index (Phi) is 1.85. The molecule has 1 aromatic carbocycles. The predicted molar refractivity (Wildman–Crippen MR) is 44.3 cm³/mol. The molecule has 0 spiro atoms. The molecule has 2 rings (SSSR count). The first-order chi connectivity index (χ1) is 5.81. The lowest BCUT2D eigenvalue weighted by atomic mass is 10.1. The van der Waals surface area contributed by atoms with Crippen molar-refractivity contribution in [2.24, 2.45) is 0 Å². The second-order valence-electron chi connectivity index (χ2n) is 3.29. The maximum Gasteiger partial charge on any atom is 0.126 e. The molecule has 1 aliphatic rings. The predicted octanol–water partition coefficient (Wildman–Crippen LogP) is 2.20. The van der Waals surface area contributed by atoms with Crippen molar-refractivity contribution < 1.29 is 9.50 Å². The minimum absolute atomic E-state index is 0.000000000000000222. The highest BCUT2D eigenvalue weighted by molar-refractivity contribution is 5.30. The van der Waals surface area contributed by atoms with Gasteiger partial charge in [-0.3, -0.25) is 0 Å². The van der Waals surface area contributed by atoms with Crippen LogP contribution in [0, 0.1) is 5.82 Å². The van der Waals surface area contributed by atoms with Gasteiger partial charge in [0.15, 0.2) is 0 Å². The molecule has 1 nitrogen and oxygen atoms in total. The fourth-order valence-corrected chi connectivity index (χ4v) is 1.40. The van der Waals surface area contributed by atoms with Crippen LogP contribution in [0.2, 0.25) is 0 Å². The van der Waals surface area contributed by atoms with E-state index in [1.54, 1.807) is 12.1 Å². The molecule has 0 radical (unpaired) electrons.